The smallest absolute Gasteiger partial charge is 0.323 e. The molecule has 0 saturated heterocycles. The molecule has 2 aromatic rings. The highest BCUT2D eigenvalue weighted by atomic mass is 16.5. The number of para-hydroxylation sites is 1. The van der Waals surface area contributed by atoms with Gasteiger partial charge in [0, 0.05) is 44.0 Å². The summed E-state index contributed by atoms with van der Waals surface area (Å²) in [6.07, 6.45) is 0.579. The average Bonchev–Trinajstić information content (AvgIpc) is 2.93. The normalized spacial score (nSPS) is 11.6. The van der Waals surface area contributed by atoms with E-state index in [9.17, 15) is 19.2 Å². The van der Waals surface area contributed by atoms with Gasteiger partial charge in [-0.3, -0.25) is 9.59 Å². The molecule has 0 aliphatic rings. The standard InChI is InChI=1S/C32H47N5O6/c1-21(2)36(16-11-17-37(22(3)4)32(42)35(7)24(6)18-30(39)40)29(38)20-25-14-15-27(28(19-25)43-8)34-31(41)33-26-13-10-9-12-23(26)5/h9-10,12-15,19,21-22,24H,11,16-18,20H2,1-8H3,(H,39,40)(H2,33,34,41). The molecule has 0 bridgehead atoms. The molecule has 3 N–H and O–H groups in total. The first-order valence-corrected chi connectivity index (χ1v) is 14.6. The lowest BCUT2D eigenvalue weighted by Crippen LogP contribution is -2.49. The summed E-state index contributed by atoms with van der Waals surface area (Å²) in [6.45, 7) is 12.2. The minimum atomic E-state index is -0.957. The maximum Gasteiger partial charge on any atom is 0.323 e. The Hall–Kier alpha value is -4.28. The highest BCUT2D eigenvalue weighted by Gasteiger charge is 2.26. The van der Waals surface area contributed by atoms with Crippen molar-refractivity contribution in [1.82, 2.24) is 14.7 Å². The number of hydrogen-bond donors (Lipinski definition) is 3. The summed E-state index contributed by atoms with van der Waals surface area (Å²) in [4.78, 5) is 55.1. The van der Waals surface area contributed by atoms with E-state index >= 15 is 0 Å². The van der Waals surface area contributed by atoms with E-state index in [1.165, 1.54) is 12.0 Å². The van der Waals surface area contributed by atoms with E-state index in [4.69, 9.17) is 9.84 Å². The van der Waals surface area contributed by atoms with Crippen LogP contribution in [0.15, 0.2) is 42.5 Å². The number of aryl methyl sites for hydroxylation is 1. The van der Waals surface area contributed by atoms with Crippen molar-refractivity contribution in [3.8, 4) is 5.75 Å². The lowest BCUT2D eigenvalue weighted by molar-refractivity contribution is -0.138. The van der Waals surface area contributed by atoms with E-state index in [-0.39, 0.29) is 36.9 Å². The molecular formula is C32H47N5O6. The van der Waals surface area contributed by atoms with Gasteiger partial charge in [-0.05, 0) is 77.3 Å². The van der Waals surface area contributed by atoms with Gasteiger partial charge in [0.2, 0.25) is 5.91 Å². The SMILES string of the molecule is COc1cc(CC(=O)N(CCCN(C(=O)N(C)C(C)CC(=O)O)C(C)C)C(C)C)ccc1NC(=O)Nc1ccccc1C. The van der Waals surface area contributed by atoms with Crippen LogP contribution in [0.5, 0.6) is 5.75 Å². The number of rotatable bonds is 14. The Balaban J connectivity index is 2.03. The lowest BCUT2D eigenvalue weighted by Gasteiger charge is -2.35. The summed E-state index contributed by atoms with van der Waals surface area (Å²) in [5, 5.41) is 14.7. The Morgan fingerprint density at radius 2 is 1.49 bits per heavy atom. The lowest BCUT2D eigenvalue weighted by atomic mass is 10.1. The Bertz CT molecular complexity index is 1260. The zero-order chi connectivity index (χ0) is 32.3. The van der Waals surface area contributed by atoms with Crippen LogP contribution in [0.1, 0.15) is 58.6 Å². The molecule has 0 aromatic heterocycles. The van der Waals surface area contributed by atoms with Gasteiger partial charge in [-0.2, -0.15) is 0 Å². The van der Waals surface area contributed by atoms with Crippen molar-refractivity contribution >= 4 is 35.3 Å². The number of benzene rings is 2. The average molecular weight is 598 g/mol. The molecule has 1 unspecified atom stereocenters. The molecule has 43 heavy (non-hydrogen) atoms. The van der Waals surface area contributed by atoms with Crippen LogP contribution in [0.4, 0.5) is 21.0 Å². The molecule has 11 nitrogen and oxygen atoms in total. The zero-order valence-corrected chi connectivity index (χ0v) is 26.6. The van der Waals surface area contributed by atoms with Gasteiger partial charge in [0.05, 0.1) is 25.6 Å². The minimum absolute atomic E-state index is 0.0538. The summed E-state index contributed by atoms with van der Waals surface area (Å²) < 4.78 is 5.50. The number of aliphatic carboxylic acids is 1. The number of carbonyl (C=O) groups excluding carboxylic acids is 3. The number of amides is 5. The maximum absolute atomic E-state index is 13.4. The number of ether oxygens (including phenoxy) is 1. The molecule has 2 rings (SSSR count). The number of carboxylic acids is 1. The van der Waals surface area contributed by atoms with E-state index in [1.54, 1.807) is 42.0 Å². The van der Waals surface area contributed by atoms with Crippen molar-refractivity contribution < 1.29 is 29.0 Å². The molecular weight excluding hydrogens is 550 g/mol. The van der Waals surface area contributed by atoms with E-state index in [1.807, 2.05) is 58.9 Å². The van der Waals surface area contributed by atoms with Gasteiger partial charge in [-0.15, -0.1) is 0 Å². The first-order chi connectivity index (χ1) is 20.2. The molecule has 2 aromatic carbocycles. The molecule has 0 aliphatic heterocycles. The van der Waals surface area contributed by atoms with Crippen molar-refractivity contribution in [3.05, 3.63) is 53.6 Å². The van der Waals surface area contributed by atoms with Gasteiger partial charge in [0.25, 0.3) is 0 Å². The number of hydrogen-bond acceptors (Lipinski definition) is 5. The highest BCUT2D eigenvalue weighted by molar-refractivity contribution is 6.01. The van der Waals surface area contributed by atoms with Gasteiger partial charge in [0.1, 0.15) is 5.75 Å². The summed E-state index contributed by atoms with van der Waals surface area (Å²) >= 11 is 0. The second-order valence-electron chi connectivity index (χ2n) is 11.3. The van der Waals surface area contributed by atoms with Crippen LogP contribution < -0.4 is 15.4 Å². The second-order valence-corrected chi connectivity index (χ2v) is 11.3. The molecule has 236 valence electrons. The van der Waals surface area contributed by atoms with Crippen LogP contribution in [-0.4, -0.2) is 89.1 Å². The van der Waals surface area contributed by atoms with E-state index in [0.29, 0.717) is 36.6 Å². The van der Waals surface area contributed by atoms with Crippen molar-refractivity contribution in [2.24, 2.45) is 0 Å². The highest BCUT2D eigenvalue weighted by Crippen LogP contribution is 2.27. The van der Waals surface area contributed by atoms with Gasteiger partial charge in [-0.25, -0.2) is 9.59 Å². The van der Waals surface area contributed by atoms with Crippen LogP contribution >= 0.6 is 0 Å². The summed E-state index contributed by atoms with van der Waals surface area (Å²) in [7, 11) is 3.12. The summed E-state index contributed by atoms with van der Waals surface area (Å²) in [5.41, 5.74) is 2.86. The van der Waals surface area contributed by atoms with Crippen LogP contribution in [0, 0.1) is 6.92 Å². The van der Waals surface area contributed by atoms with Crippen LogP contribution in [0.25, 0.3) is 0 Å². The van der Waals surface area contributed by atoms with Crippen molar-refractivity contribution in [3.63, 3.8) is 0 Å². The third-order valence-electron chi connectivity index (χ3n) is 7.31. The Morgan fingerprint density at radius 3 is 2.07 bits per heavy atom. The topological polar surface area (TPSA) is 132 Å². The van der Waals surface area contributed by atoms with E-state index < -0.39 is 18.0 Å². The van der Waals surface area contributed by atoms with E-state index in [2.05, 4.69) is 10.6 Å². The summed E-state index contributed by atoms with van der Waals surface area (Å²) in [6, 6.07) is 11.5. The predicted octanol–water partition coefficient (Wildman–Crippen LogP) is 5.44. The number of urea groups is 2. The fourth-order valence-electron chi connectivity index (χ4n) is 4.65. The third-order valence-corrected chi connectivity index (χ3v) is 7.31. The summed E-state index contributed by atoms with van der Waals surface area (Å²) in [5.74, 6) is -0.583. The number of carboxylic acid groups (broad SMARTS) is 1. The van der Waals surface area contributed by atoms with E-state index in [0.717, 1.165) is 11.1 Å². The number of nitrogens with one attached hydrogen (secondary N) is 2. The number of anilines is 2. The molecule has 0 heterocycles. The minimum Gasteiger partial charge on any atom is -0.495 e. The first-order valence-electron chi connectivity index (χ1n) is 14.6. The fourth-order valence-corrected chi connectivity index (χ4v) is 4.65. The van der Waals surface area contributed by atoms with Gasteiger partial charge < -0.3 is 35.2 Å². The van der Waals surface area contributed by atoms with Crippen molar-refractivity contribution in [2.75, 3.05) is 37.9 Å². The second kappa shape index (κ2) is 16.4. The predicted molar refractivity (Wildman–Crippen MR) is 169 cm³/mol. The van der Waals surface area contributed by atoms with Crippen LogP contribution in [-0.2, 0) is 16.0 Å². The number of nitrogens with zero attached hydrogens (tertiary/aromatic N) is 3. The number of methoxy groups -OCH3 is 1. The van der Waals surface area contributed by atoms with Crippen molar-refractivity contribution in [1.29, 1.82) is 0 Å². The molecule has 0 radical (unpaired) electrons. The van der Waals surface area contributed by atoms with Gasteiger partial charge in [0.15, 0.2) is 0 Å². The van der Waals surface area contributed by atoms with Crippen LogP contribution in [0.2, 0.25) is 0 Å². The van der Waals surface area contributed by atoms with Gasteiger partial charge >= 0.3 is 18.0 Å². The zero-order valence-electron chi connectivity index (χ0n) is 26.6. The van der Waals surface area contributed by atoms with Gasteiger partial charge in [-0.1, -0.05) is 24.3 Å². The fraction of sp³-hybridized carbons (Fsp3) is 0.500. The third kappa shape index (κ3) is 10.5. The molecule has 0 fully saturated rings. The quantitative estimate of drug-likeness (QED) is 0.266. The van der Waals surface area contributed by atoms with Crippen LogP contribution in [0.3, 0.4) is 0 Å². The molecule has 1 atom stereocenters. The molecule has 11 heteroatoms. The Kier molecular flexibility index (Phi) is 13.3. The molecule has 0 saturated carbocycles. The first kappa shape index (κ1) is 34.9. The molecule has 0 spiro atoms. The molecule has 0 aliphatic carbocycles. The molecule has 5 amide bonds. The Morgan fingerprint density at radius 1 is 0.884 bits per heavy atom. The maximum atomic E-state index is 13.4. The monoisotopic (exact) mass is 597 g/mol. The number of carbonyl (C=O) groups is 4. The Labute approximate surface area is 255 Å². The largest absolute Gasteiger partial charge is 0.495 e. The van der Waals surface area contributed by atoms with Crippen molar-refractivity contribution in [2.45, 2.75) is 78.9 Å².